The number of thiophene rings is 1. The standard InChI is InChI=1S/C12H14N2O3S/c1-8-6-9(17-14-8)11(15)13-7-12(2,16)10-4-3-5-18-10/h3-6,16H,7H2,1-2H3,(H,13,15). The minimum absolute atomic E-state index is 0.117. The summed E-state index contributed by atoms with van der Waals surface area (Å²) < 4.78 is 4.84. The largest absolute Gasteiger partial charge is 0.383 e. The number of amides is 1. The van der Waals surface area contributed by atoms with Gasteiger partial charge in [-0.25, -0.2) is 0 Å². The van der Waals surface area contributed by atoms with Crippen molar-refractivity contribution in [2.45, 2.75) is 19.4 Å². The van der Waals surface area contributed by atoms with Crippen LogP contribution >= 0.6 is 11.3 Å². The second-order valence-corrected chi connectivity index (χ2v) is 5.21. The summed E-state index contributed by atoms with van der Waals surface area (Å²) in [6.45, 7) is 3.51. The van der Waals surface area contributed by atoms with Crippen molar-refractivity contribution >= 4 is 17.2 Å². The molecule has 2 heterocycles. The first-order chi connectivity index (χ1) is 8.49. The van der Waals surface area contributed by atoms with Crippen LogP contribution in [0.4, 0.5) is 0 Å². The van der Waals surface area contributed by atoms with Crippen LogP contribution in [0.1, 0.15) is 28.0 Å². The lowest BCUT2D eigenvalue weighted by molar-refractivity contribution is 0.0545. The Balaban J connectivity index is 1.98. The third-order valence-electron chi connectivity index (χ3n) is 2.50. The van der Waals surface area contributed by atoms with E-state index >= 15 is 0 Å². The zero-order valence-electron chi connectivity index (χ0n) is 10.1. The minimum atomic E-state index is -1.08. The van der Waals surface area contributed by atoms with Gasteiger partial charge >= 0.3 is 0 Å². The molecule has 96 valence electrons. The molecule has 2 rings (SSSR count). The lowest BCUT2D eigenvalue weighted by Crippen LogP contribution is -2.37. The average molecular weight is 266 g/mol. The molecule has 1 unspecified atom stereocenters. The fourth-order valence-electron chi connectivity index (χ4n) is 1.48. The first-order valence-corrected chi connectivity index (χ1v) is 6.35. The summed E-state index contributed by atoms with van der Waals surface area (Å²) in [7, 11) is 0. The molecule has 0 bridgehead atoms. The number of hydrogen-bond donors (Lipinski definition) is 2. The molecule has 2 aromatic heterocycles. The van der Waals surface area contributed by atoms with Crippen molar-refractivity contribution in [2.24, 2.45) is 0 Å². The molecule has 2 aromatic rings. The molecule has 0 aromatic carbocycles. The van der Waals surface area contributed by atoms with Crippen LogP contribution < -0.4 is 5.32 Å². The van der Waals surface area contributed by atoms with Gasteiger partial charge in [-0.15, -0.1) is 11.3 Å². The van der Waals surface area contributed by atoms with Gasteiger partial charge < -0.3 is 14.9 Å². The Morgan fingerprint density at radius 2 is 2.44 bits per heavy atom. The van der Waals surface area contributed by atoms with E-state index in [2.05, 4.69) is 10.5 Å². The topological polar surface area (TPSA) is 75.4 Å². The van der Waals surface area contributed by atoms with E-state index in [9.17, 15) is 9.90 Å². The fourth-order valence-corrected chi connectivity index (χ4v) is 2.27. The monoisotopic (exact) mass is 266 g/mol. The molecular formula is C12H14N2O3S. The molecule has 0 saturated heterocycles. The van der Waals surface area contributed by atoms with E-state index < -0.39 is 5.60 Å². The Labute approximate surface area is 108 Å². The smallest absolute Gasteiger partial charge is 0.290 e. The van der Waals surface area contributed by atoms with Crippen molar-refractivity contribution in [2.75, 3.05) is 6.54 Å². The molecule has 1 atom stereocenters. The van der Waals surface area contributed by atoms with Crippen LogP contribution in [0, 0.1) is 6.92 Å². The van der Waals surface area contributed by atoms with E-state index in [4.69, 9.17) is 4.52 Å². The molecule has 0 radical (unpaired) electrons. The maximum Gasteiger partial charge on any atom is 0.290 e. The van der Waals surface area contributed by atoms with Gasteiger partial charge in [0.2, 0.25) is 5.76 Å². The number of hydrogen-bond acceptors (Lipinski definition) is 5. The van der Waals surface area contributed by atoms with Crippen molar-refractivity contribution < 1.29 is 14.4 Å². The Kier molecular flexibility index (Phi) is 3.49. The third-order valence-corrected chi connectivity index (χ3v) is 3.62. The number of carbonyl (C=O) groups excluding carboxylic acids is 1. The number of aliphatic hydroxyl groups is 1. The van der Waals surface area contributed by atoms with Gasteiger partial charge in [0.15, 0.2) is 0 Å². The first-order valence-electron chi connectivity index (χ1n) is 5.47. The highest BCUT2D eigenvalue weighted by Crippen LogP contribution is 2.24. The van der Waals surface area contributed by atoms with Gasteiger partial charge in [-0.05, 0) is 25.3 Å². The molecule has 0 spiro atoms. The maximum absolute atomic E-state index is 11.7. The second kappa shape index (κ2) is 4.91. The summed E-state index contributed by atoms with van der Waals surface area (Å²) in [6.07, 6.45) is 0. The molecule has 6 heteroatoms. The second-order valence-electron chi connectivity index (χ2n) is 4.27. The Bertz CT molecular complexity index is 531. The van der Waals surface area contributed by atoms with E-state index in [0.29, 0.717) is 5.69 Å². The Morgan fingerprint density at radius 1 is 1.67 bits per heavy atom. The van der Waals surface area contributed by atoms with Crippen LogP contribution in [-0.2, 0) is 5.60 Å². The molecule has 2 N–H and O–H groups in total. The van der Waals surface area contributed by atoms with Crippen LogP contribution in [-0.4, -0.2) is 22.7 Å². The SMILES string of the molecule is Cc1cc(C(=O)NCC(C)(O)c2cccs2)on1. The Hall–Kier alpha value is -1.66. The third kappa shape index (κ3) is 2.77. The number of rotatable bonds is 4. The van der Waals surface area contributed by atoms with Gasteiger partial charge in [0.05, 0.1) is 12.2 Å². The van der Waals surface area contributed by atoms with E-state index in [1.807, 2.05) is 17.5 Å². The molecule has 5 nitrogen and oxygen atoms in total. The normalized spacial score (nSPS) is 14.2. The molecular weight excluding hydrogens is 252 g/mol. The van der Waals surface area contributed by atoms with Gasteiger partial charge in [0.1, 0.15) is 5.60 Å². The quantitative estimate of drug-likeness (QED) is 0.883. The van der Waals surface area contributed by atoms with E-state index in [1.165, 1.54) is 11.3 Å². The van der Waals surface area contributed by atoms with Crippen LogP contribution in [0.2, 0.25) is 0 Å². The summed E-state index contributed by atoms with van der Waals surface area (Å²) in [5, 5.41) is 18.4. The number of nitrogens with one attached hydrogen (secondary N) is 1. The van der Waals surface area contributed by atoms with Gasteiger partial charge in [0, 0.05) is 10.9 Å². The van der Waals surface area contributed by atoms with Crippen LogP contribution in [0.5, 0.6) is 0 Å². The highest BCUT2D eigenvalue weighted by molar-refractivity contribution is 7.10. The predicted molar refractivity (Wildman–Crippen MR) is 67.5 cm³/mol. The van der Waals surface area contributed by atoms with E-state index in [0.717, 1.165) is 4.88 Å². The average Bonchev–Trinajstić information content (AvgIpc) is 2.96. The van der Waals surface area contributed by atoms with Gasteiger partial charge in [-0.1, -0.05) is 11.2 Å². The molecule has 0 aliphatic rings. The van der Waals surface area contributed by atoms with Crippen molar-refractivity contribution in [3.8, 4) is 0 Å². The molecule has 0 aliphatic carbocycles. The molecule has 0 aliphatic heterocycles. The molecule has 0 fully saturated rings. The molecule has 18 heavy (non-hydrogen) atoms. The van der Waals surface area contributed by atoms with Crippen molar-refractivity contribution in [3.05, 3.63) is 39.9 Å². The highest BCUT2D eigenvalue weighted by Gasteiger charge is 2.25. The molecule has 1 amide bonds. The highest BCUT2D eigenvalue weighted by atomic mass is 32.1. The van der Waals surface area contributed by atoms with Crippen LogP contribution in [0.15, 0.2) is 28.1 Å². The lowest BCUT2D eigenvalue weighted by Gasteiger charge is -2.21. The molecule has 0 saturated carbocycles. The van der Waals surface area contributed by atoms with Crippen LogP contribution in [0.3, 0.4) is 0 Å². The zero-order chi connectivity index (χ0) is 13.2. The maximum atomic E-state index is 11.7. The summed E-state index contributed by atoms with van der Waals surface area (Å²) in [6, 6.07) is 5.24. The van der Waals surface area contributed by atoms with Gasteiger partial charge in [-0.3, -0.25) is 4.79 Å². The van der Waals surface area contributed by atoms with Gasteiger partial charge in [-0.2, -0.15) is 0 Å². The predicted octanol–water partition coefficient (Wildman–Crippen LogP) is 1.68. The van der Waals surface area contributed by atoms with Crippen LogP contribution in [0.25, 0.3) is 0 Å². The first kappa shape index (κ1) is 12.8. The minimum Gasteiger partial charge on any atom is -0.383 e. The van der Waals surface area contributed by atoms with Crippen molar-refractivity contribution in [1.29, 1.82) is 0 Å². The number of aryl methyl sites for hydroxylation is 1. The van der Waals surface area contributed by atoms with Crippen molar-refractivity contribution in [3.63, 3.8) is 0 Å². The number of nitrogens with zero attached hydrogens (tertiary/aromatic N) is 1. The Morgan fingerprint density at radius 3 is 3.00 bits per heavy atom. The van der Waals surface area contributed by atoms with Crippen molar-refractivity contribution in [1.82, 2.24) is 10.5 Å². The summed E-state index contributed by atoms with van der Waals surface area (Å²) >= 11 is 1.44. The lowest BCUT2D eigenvalue weighted by atomic mass is 10.1. The van der Waals surface area contributed by atoms with E-state index in [1.54, 1.807) is 19.9 Å². The number of aromatic nitrogens is 1. The van der Waals surface area contributed by atoms with E-state index in [-0.39, 0.29) is 18.2 Å². The fraction of sp³-hybridized carbons (Fsp3) is 0.333. The van der Waals surface area contributed by atoms with Gasteiger partial charge in [0.25, 0.3) is 5.91 Å². The summed E-state index contributed by atoms with van der Waals surface area (Å²) in [4.78, 5) is 12.5. The summed E-state index contributed by atoms with van der Waals surface area (Å²) in [5.74, 6) is -0.234. The number of carbonyl (C=O) groups is 1. The zero-order valence-corrected chi connectivity index (χ0v) is 11.0. The summed E-state index contributed by atoms with van der Waals surface area (Å²) in [5.41, 5.74) is -0.441.